The van der Waals surface area contributed by atoms with Gasteiger partial charge in [-0.15, -0.1) is 12.4 Å². The van der Waals surface area contributed by atoms with Crippen LogP contribution in [0.5, 0.6) is 5.75 Å². The Kier molecular flexibility index (Phi) is 7.23. The number of rotatable bonds is 6. The quantitative estimate of drug-likeness (QED) is 0.792. The molecule has 0 heterocycles. The normalized spacial score (nSPS) is 22.3. The molecule has 0 aromatic heterocycles. The van der Waals surface area contributed by atoms with E-state index in [0.717, 1.165) is 23.5 Å². The molecule has 3 rings (SSSR count). The van der Waals surface area contributed by atoms with Crippen molar-refractivity contribution >= 4 is 12.4 Å². The molecule has 0 spiro atoms. The van der Waals surface area contributed by atoms with Crippen molar-refractivity contribution in [1.82, 2.24) is 5.32 Å². The third-order valence-electron chi connectivity index (χ3n) is 5.91. The van der Waals surface area contributed by atoms with Crippen LogP contribution in [0.25, 0.3) is 0 Å². The standard InChI is InChI=1S/C20H31NO.ClH/c1-21-14-18(15-6-3-4-7-15)12-16-8-5-9-17-13-19(22-2)10-11-20(16)17;/h10-11,13,15-16,18,21H,3-9,12,14H2,1-2H3;1H. The van der Waals surface area contributed by atoms with E-state index in [0.29, 0.717) is 0 Å². The van der Waals surface area contributed by atoms with E-state index in [4.69, 9.17) is 4.74 Å². The summed E-state index contributed by atoms with van der Waals surface area (Å²) in [4.78, 5) is 0. The highest BCUT2D eigenvalue weighted by molar-refractivity contribution is 5.85. The van der Waals surface area contributed by atoms with E-state index < -0.39 is 0 Å². The zero-order valence-corrected chi connectivity index (χ0v) is 15.5. The van der Waals surface area contributed by atoms with Gasteiger partial charge >= 0.3 is 0 Å². The molecule has 0 saturated heterocycles. The van der Waals surface area contributed by atoms with E-state index in [9.17, 15) is 0 Å². The Morgan fingerprint density at radius 1 is 1.17 bits per heavy atom. The topological polar surface area (TPSA) is 21.3 Å². The molecule has 1 saturated carbocycles. The Morgan fingerprint density at radius 3 is 2.65 bits per heavy atom. The van der Waals surface area contributed by atoms with Gasteiger partial charge in [0.05, 0.1) is 7.11 Å². The fraction of sp³-hybridized carbons (Fsp3) is 0.700. The summed E-state index contributed by atoms with van der Waals surface area (Å²) in [6.07, 6.45) is 11.1. The Morgan fingerprint density at radius 2 is 1.96 bits per heavy atom. The first-order valence-corrected chi connectivity index (χ1v) is 9.13. The first-order valence-electron chi connectivity index (χ1n) is 9.13. The predicted molar refractivity (Wildman–Crippen MR) is 99.9 cm³/mol. The van der Waals surface area contributed by atoms with Gasteiger partial charge in [0, 0.05) is 0 Å². The summed E-state index contributed by atoms with van der Waals surface area (Å²) < 4.78 is 5.41. The molecule has 2 unspecified atom stereocenters. The number of fused-ring (bicyclic) bond motifs is 1. The second-order valence-corrected chi connectivity index (χ2v) is 7.25. The van der Waals surface area contributed by atoms with E-state index in [2.05, 4.69) is 30.6 Å². The molecular weight excluding hydrogens is 306 g/mol. The molecule has 2 aliphatic rings. The largest absolute Gasteiger partial charge is 0.497 e. The molecule has 0 bridgehead atoms. The monoisotopic (exact) mass is 337 g/mol. The third-order valence-corrected chi connectivity index (χ3v) is 5.91. The summed E-state index contributed by atoms with van der Waals surface area (Å²) in [5.74, 6) is 3.58. The Bertz CT molecular complexity index is 485. The first-order chi connectivity index (χ1) is 10.8. The smallest absolute Gasteiger partial charge is 0.119 e. The van der Waals surface area contributed by atoms with Crippen molar-refractivity contribution in [2.45, 2.75) is 57.3 Å². The van der Waals surface area contributed by atoms with Crippen molar-refractivity contribution in [3.8, 4) is 5.75 Å². The molecule has 0 aliphatic heterocycles. The number of halogens is 1. The second-order valence-electron chi connectivity index (χ2n) is 7.25. The van der Waals surface area contributed by atoms with Crippen LogP contribution in [-0.2, 0) is 6.42 Å². The van der Waals surface area contributed by atoms with Crippen LogP contribution in [-0.4, -0.2) is 20.7 Å². The fourth-order valence-corrected chi connectivity index (χ4v) is 4.76. The molecule has 23 heavy (non-hydrogen) atoms. The van der Waals surface area contributed by atoms with Crippen molar-refractivity contribution < 1.29 is 4.74 Å². The summed E-state index contributed by atoms with van der Waals surface area (Å²) in [6.45, 7) is 1.19. The summed E-state index contributed by atoms with van der Waals surface area (Å²) in [5.41, 5.74) is 3.14. The van der Waals surface area contributed by atoms with E-state index >= 15 is 0 Å². The molecule has 3 heteroatoms. The maximum absolute atomic E-state index is 5.41. The number of hydrogen-bond donors (Lipinski definition) is 1. The van der Waals surface area contributed by atoms with Crippen LogP contribution >= 0.6 is 12.4 Å². The van der Waals surface area contributed by atoms with Crippen LogP contribution in [0.1, 0.15) is 62.0 Å². The van der Waals surface area contributed by atoms with E-state index in [1.54, 1.807) is 12.7 Å². The molecule has 1 aromatic rings. The number of hydrogen-bond acceptors (Lipinski definition) is 2. The Hall–Kier alpha value is -0.730. The maximum atomic E-state index is 5.41. The highest BCUT2D eigenvalue weighted by Crippen LogP contribution is 2.41. The van der Waals surface area contributed by atoms with Crippen LogP contribution in [0.15, 0.2) is 18.2 Å². The number of benzene rings is 1. The summed E-state index contributed by atoms with van der Waals surface area (Å²) in [6, 6.07) is 6.76. The van der Waals surface area contributed by atoms with E-state index in [1.807, 2.05) is 0 Å². The molecule has 1 N–H and O–H groups in total. The minimum absolute atomic E-state index is 0. The molecular formula is C20H32ClNO. The first kappa shape index (κ1) is 18.6. The molecule has 1 fully saturated rings. The van der Waals surface area contributed by atoms with Gasteiger partial charge in [0.1, 0.15) is 5.75 Å². The summed E-state index contributed by atoms with van der Waals surface area (Å²) >= 11 is 0. The molecule has 0 amide bonds. The minimum atomic E-state index is 0. The molecule has 0 radical (unpaired) electrons. The van der Waals surface area contributed by atoms with Gasteiger partial charge in [0.2, 0.25) is 0 Å². The van der Waals surface area contributed by atoms with Gasteiger partial charge in [-0.05, 0) is 80.3 Å². The highest BCUT2D eigenvalue weighted by atomic mass is 35.5. The Balaban J connectivity index is 0.00000192. The van der Waals surface area contributed by atoms with Gasteiger partial charge in [-0.1, -0.05) is 31.7 Å². The number of nitrogens with one attached hydrogen (secondary N) is 1. The lowest BCUT2D eigenvalue weighted by atomic mass is 9.75. The predicted octanol–water partition coefficient (Wildman–Crippen LogP) is 4.95. The zero-order chi connectivity index (χ0) is 15.4. The van der Waals surface area contributed by atoms with Crippen LogP contribution in [0.2, 0.25) is 0 Å². The van der Waals surface area contributed by atoms with Gasteiger partial charge < -0.3 is 10.1 Å². The SMILES string of the molecule is CNCC(CC1CCCc2cc(OC)ccc21)C1CCCC1.Cl. The summed E-state index contributed by atoms with van der Waals surface area (Å²) in [7, 11) is 3.88. The van der Waals surface area contributed by atoms with Crippen molar-refractivity contribution in [3.05, 3.63) is 29.3 Å². The van der Waals surface area contributed by atoms with Crippen molar-refractivity contribution in [2.75, 3.05) is 20.7 Å². The van der Waals surface area contributed by atoms with Crippen molar-refractivity contribution in [2.24, 2.45) is 11.8 Å². The fourth-order valence-electron chi connectivity index (χ4n) is 4.76. The average molecular weight is 338 g/mol. The van der Waals surface area contributed by atoms with E-state index in [1.165, 1.54) is 63.5 Å². The van der Waals surface area contributed by atoms with Crippen molar-refractivity contribution in [3.63, 3.8) is 0 Å². The number of ether oxygens (including phenoxy) is 1. The molecule has 130 valence electrons. The average Bonchev–Trinajstić information content (AvgIpc) is 3.08. The Labute approximate surface area is 147 Å². The second kappa shape index (κ2) is 8.94. The molecule has 2 nitrogen and oxygen atoms in total. The number of methoxy groups -OCH3 is 1. The summed E-state index contributed by atoms with van der Waals surface area (Å²) in [5, 5.41) is 3.46. The van der Waals surface area contributed by atoms with Gasteiger partial charge in [0.25, 0.3) is 0 Å². The molecule has 2 atom stereocenters. The lowest BCUT2D eigenvalue weighted by Crippen LogP contribution is -2.27. The number of aryl methyl sites for hydroxylation is 1. The lowest BCUT2D eigenvalue weighted by Gasteiger charge is -2.32. The van der Waals surface area contributed by atoms with Crippen LogP contribution in [0.4, 0.5) is 0 Å². The van der Waals surface area contributed by atoms with Gasteiger partial charge in [-0.25, -0.2) is 0 Å². The zero-order valence-electron chi connectivity index (χ0n) is 14.6. The van der Waals surface area contributed by atoms with Gasteiger partial charge in [-0.2, -0.15) is 0 Å². The lowest BCUT2D eigenvalue weighted by molar-refractivity contribution is 0.281. The maximum Gasteiger partial charge on any atom is 0.119 e. The van der Waals surface area contributed by atoms with Crippen LogP contribution < -0.4 is 10.1 Å². The highest BCUT2D eigenvalue weighted by Gasteiger charge is 2.29. The van der Waals surface area contributed by atoms with Crippen LogP contribution in [0, 0.1) is 11.8 Å². The van der Waals surface area contributed by atoms with E-state index in [-0.39, 0.29) is 12.4 Å². The van der Waals surface area contributed by atoms with Gasteiger partial charge in [0.15, 0.2) is 0 Å². The minimum Gasteiger partial charge on any atom is -0.497 e. The third kappa shape index (κ3) is 4.42. The van der Waals surface area contributed by atoms with Crippen LogP contribution in [0.3, 0.4) is 0 Å². The molecule has 1 aromatic carbocycles. The van der Waals surface area contributed by atoms with Crippen molar-refractivity contribution in [1.29, 1.82) is 0 Å². The molecule has 2 aliphatic carbocycles. The van der Waals surface area contributed by atoms with Gasteiger partial charge in [-0.3, -0.25) is 0 Å².